The smallest absolute Gasteiger partial charge is 0.186 e. The van der Waals surface area contributed by atoms with Crippen LogP contribution in [0.25, 0.3) is 0 Å². The van der Waals surface area contributed by atoms with E-state index in [1.54, 1.807) is 7.11 Å². The molecule has 0 bridgehead atoms. The van der Waals surface area contributed by atoms with Gasteiger partial charge in [-0.25, -0.2) is 0 Å². The average molecular weight is 521 g/mol. The minimum absolute atomic E-state index is 0.0378. The second-order valence-corrected chi connectivity index (χ2v) is 10.2. The summed E-state index contributed by atoms with van der Waals surface area (Å²) in [4.78, 5) is 0. The Hall–Kier alpha value is -0.320. The molecule has 1 fully saturated rings. The summed E-state index contributed by atoms with van der Waals surface area (Å²) in [7, 11) is 1.56. The number of hydrogen-bond acceptors (Lipinski definition) is 8. The second kappa shape index (κ2) is 21.6. The van der Waals surface area contributed by atoms with Gasteiger partial charge >= 0.3 is 0 Å². The SMILES string of the molecule is CCCCCCCCCCCO[C@H]1C(OC)O[C@H](CO)[C@@H](OCC(O)CO)[C@@H]1OC(C)CCCCC. The van der Waals surface area contributed by atoms with E-state index in [0.29, 0.717) is 6.61 Å². The summed E-state index contributed by atoms with van der Waals surface area (Å²) in [6.45, 7) is 6.23. The highest BCUT2D eigenvalue weighted by molar-refractivity contribution is 4.93. The fourth-order valence-corrected chi connectivity index (χ4v) is 4.67. The van der Waals surface area contributed by atoms with Crippen molar-refractivity contribution in [2.24, 2.45) is 0 Å². The Balaban J connectivity index is 2.74. The first-order chi connectivity index (χ1) is 17.5. The van der Waals surface area contributed by atoms with E-state index in [-0.39, 0.29) is 19.3 Å². The highest BCUT2D eigenvalue weighted by atomic mass is 16.7. The molecule has 0 aromatic rings. The maximum absolute atomic E-state index is 10.0. The minimum atomic E-state index is -1.02. The van der Waals surface area contributed by atoms with E-state index in [1.165, 1.54) is 44.9 Å². The molecule has 3 unspecified atom stereocenters. The Bertz CT molecular complexity index is 494. The van der Waals surface area contributed by atoms with Gasteiger partial charge in [0.1, 0.15) is 30.5 Å². The van der Waals surface area contributed by atoms with Crippen molar-refractivity contribution in [1.82, 2.24) is 0 Å². The maximum Gasteiger partial charge on any atom is 0.186 e. The number of hydrogen-bond donors (Lipinski definition) is 3. The van der Waals surface area contributed by atoms with Crippen molar-refractivity contribution in [3.05, 3.63) is 0 Å². The lowest BCUT2D eigenvalue weighted by atomic mass is 9.97. The van der Waals surface area contributed by atoms with E-state index in [9.17, 15) is 15.3 Å². The van der Waals surface area contributed by atoms with Crippen LogP contribution in [0.5, 0.6) is 0 Å². The Morgan fingerprint density at radius 2 is 1.39 bits per heavy atom. The topological polar surface area (TPSA) is 107 Å². The highest BCUT2D eigenvalue weighted by Crippen LogP contribution is 2.30. The normalized spacial score (nSPS) is 26.2. The molecule has 0 aliphatic carbocycles. The van der Waals surface area contributed by atoms with Gasteiger partial charge in [0.15, 0.2) is 6.29 Å². The van der Waals surface area contributed by atoms with E-state index in [1.807, 2.05) is 6.92 Å². The quantitative estimate of drug-likeness (QED) is 0.171. The summed E-state index contributed by atoms with van der Waals surface area (Å²) in [6.07, 6.45) is 11.2. The van der Waals surface area contributed by atoms with E-state index >= 15 is 0 Å². The zero-order valence-corrected chi connectivity index (χ0v) is 23.4. The standard InChI is InChI=1S/C28H56O8/c1-5-7-9-10-11-12-13-14-16-18-33-27-26(35-22(3)17-15-8-6-2)25(34-21-23(31)19-29)24(20-30)36-28(27)32-4/h22-31H,5-21H2,1-4H3/t22?,23?,24-,25-,26+,27-,28?/m1/s1. The molecule has 1 rings (SSSR count). The molecule has 0 spiro atoms. The fourth-order valence-electron chi connectivity index (χ4n) is 4.67. The third kappa shape index (κ3) is 13.5. The van der Waals surface area contributed by atoms with E-state index in [0.717, 1.165) is 38.5 Å². The first-order valence-corrected chi connectivity index (χ1v) is 14.5. The number of methoxy groups -OCH3 is 1. The predicted octanol–water partition coefficient (Wildman–Crippen LogP) is 4.36. The monoisotopic (exact) mass is 520 g/mol. The van der Waals surface area contributed by atoms with Crippen LogP contribution in [-0.4, -0.2) is 91.8 Å². The van der Waals surface area contributed by atoms with Gasteiger partial charge in [0.2, 0.25) is 0 Å². The molecule has 1 saturated heterocycles. The Labute approximate surface area is 220 Å². The molecule has 8 heteroatoms. The van der Waals surface area contributed by atoms with Crippen LogP contribution >= 0.6 is 0 Å². The molecule has 216 valence electrons. The molecule has 36 heavy (non-hydrogen) atoms. The van der Waals surface area contributed by atoms with Gasteiger partial charge in [0.25, 0.3) is 0 Å². The van der Waals surface area contributed by atoms with Crippen LogP contribution in [-0.2, 0) is 23.7 Å². The molecule has 0 radical (unpaired) electrons. The van der Waals surface area contributed by atoms with Gasteiger partial charge in [-0.2, -0.15) is 0 Å². The molecular formula is C28H56O8. The van der Waals surface area contributed by atoms with Crippen molar-refractivity contribution >= 4 is 0 Å². The number of ether oxygens (including phenoxy) is 5. The summed E-state index contributed by atoms with van der Waals surface area (Å²) < 4.78 is 30.3. The summed E-state index contributed by atoms with van der Waals surface area (Å²) >= 11 is 0. The van der Waals surface area contributed by atoms with Crippen LogP contribution in [0.3, 0.4) is 0 Å². The molecule has 7 atom stereocenters. The fraction of sp³-hybridized carbons (Fsp3) is 1.00. The summed E-state index contributed by atoms with van der Waals surface area (Å²) in [5.41, 5.74) is 0. The molecule has 1 aliphatic rings. The number of rotatable bonds is 23. The second-order valence-electron chi connectivity index (χ2n) is 10.2. The minimum Gasteiger partial charge on any atom is -0.394 e. The zero-order chi connectivity index (χ0) is 26.6. The third-order valence-electron chi connectivity index (χ3n) is 6.86. The molecule has 1 aliphatic heterocycles. The zero-order valence-electron chi connectivity index (χ0n) is 23.4. The highest BCUT2D eigenvalue weighted by Gasteiger charge is 2.49. The lowest BCUT2D eigenvalue weighted by Gasteiger charge is -2.46. The molecule has 0 aromatic heterocycles. The van der Waals surface area contributed by atoms with E-state index < -0.39 is 43.4 Å². The molecule has 0 aromatic carbocycles. The van der Waals surface area contributed by atoms with Crippen molar-refractivity contribution in [3.8, 4) is 0 Å². The summed E-state index contributed by atoms with van der Waals surface area (Å²) in [5.74, 6) is 0. The largest absolute Gasteiger partial charge is 0.394 e. The van der Waals surface area contributed by atoms with Gasteiger partial charge in [0.05, 0.1) is 25.9 Å². The van der Waals surface area contributed by atoms with Gasteiger partial charge in [-0.05, 0) is 19.8 Å². The van der Waals surface area contributed by atoms with Crippen molar-refractivity contribution in [3.63, 3.8) is 0 Å². The van der Waals surface area contributed by atoms with Crippen molar-refractivity contribution < 1.29 is 39.0 Å². The van der Waals surface area contributed by atoms with Gasteiger partial charge in [-0.15, -0.1) is 0 Å². The third-order valence-corrected chi connectivity index (χ3v) is 6.86. The van der Waals surface area contributed by atoms with Crippen LogP contribution in [0.4, 0.5) is 0 Å². The summed E-state index contributed by atoms with van der Waals surface area (Å²) in [6, 6.07) is 0. The molecule has 0 amide bonds. The molecular weight excluding hydrogens is 464 g/mol. The van der Waals surface area contributed by atoms with Crippen LogP contribution in [0.15, 0.2) is 0 Å². The first-order valence-electron chi connectivity index (χ1n) is 14.5. The van der Waals surface area contributed by atoms with Gasteiger partial charge < -0.3 is 39.0 Å². The van der Waals surface area contributed by atoms with Crippen LogP contribution in [0.1, 0.15) is 104 Å². The van der Waals surface area contributed by atoms with Crippen molar-refractivity contribution in [2.45, 2.75) is 147 Å². The Morgan fingerprint density at radius 3 is 1.97 bits per heavy atom. The predicted molar refractivity (Wildman–Crippen MR) is 141 cm³/mol. The van der Waals surface area contributed by atoms with Crippen molar-refractivity contribution in [2.75, 3.05) is 33.5 Å². The number of aliphatic hydroxyl groups excluding tert-OH is 3. The van der Waals surface area contributed by atoms with Crippen LogP contribution in [0.2, 0.25) is 0 Å². The molecule has 1 heterocycles. The lowest BCUT2D eigenvalue weighted by Crippen LogP contribution is -2.62. The molecule has 8 nitrogen and oxygen atoms in total. The molecule has 0 saturated carbocycles. The van der Waals surface area contributed by atoms with Crippen LogP contribution in [0, 0.1) is 0 Å². The lowest BCUT2D eigenvalue weighted by molar-refractivity contribution is -0.323. The Kier molecular flexibility index (Phi) is 20.2. The van der Waals surface area contributed by atoms with Gasteiger partial charge in [-0.3, -0.25) is 0 Å². The first kappa shape index (κ1) is 33.7. The number of aliphatic hydroxyl groups is 3. The summed E-state index contributed by atoms with van der Waals surface area (Å²) in [5, 5.41) is 29.1. The maximum atomic E-state index is 10.0. The van der Waals surface area contributed by atoms with E-state index in [2.05, 4.69) is 13.8 Å². The van der Waals surface area contributed by atoms with Gasteiger partial charge in [-0.1, -0.05) is 84.5 Å². The van der Waals surface area contributed by atoms with Crippen LogP contribution < -0.4 is 0 Å². The van der Waals surface area contributed by atoms with Gasteiger partial charge in [0, 0.05) is 13.7 Å². The average Bonchev–Trinajstić information content (AvgIpc) is 2.89. The van der Waals surface area contributed by atoms with Crippen molar-refractivity contribution in [1.29, 1.82) is 0 Å². The Morgan fingerprint density at radius 1 is 0.778 bits per heavy atom. The van der Waals surface area contributed by atoms with E-state index in [4.69, 9.17) is 23.7 Å². The number of unbranched alkanes of at least 4 members (excludes halogenated alkanes) is 10. The molecule has 3 N–H and O–H groups in total.